The van der Waals surface area contributed by atoms with Crippen LogP contribution in [0.25, 0.3) is 0 Å². The van der Waals surface area contributed by atoms with Gasteiger partial charge in [-0.1, -0.05) is 30.3 Å². The fraction of sp³-hybridized carbons (Fsp3) is 0.250. The van der Waals surface area contributed by atoms with Crippen LogP contribution < -0.4 is 5.73 Å². The molecule has 2 aromatic carbocycles. The Labute approximate surface area is 106 Å². The summed E-state index contributed by atoms with van der Waals surface area (Å²) in [5.41, 5.74) is 11.1. The van der Waals surface area contributed by atoms with E-state index in [9.17, 15) is 4.39 Å². The highest BCUT2D eigenvalue weighted by molar-refractivity contribution is 5.44. The molecule has 0 aliphatic heterocycles. The number of fused-ring (bicyclic) bond motifs is 1. The summed E-state index contributed by atoms with van der Waals surface area (Å²) >= 11 is 0. The average Bonchev–Trinajstić information content (AvgIpc) is 2.30. The second-order valence-electron chi connectivity index (χ2n) is 5.04. The Morgan fingerprint density at radius 1 is 1.22 bits per heavy atom. The topological polar surface area (TPSA) is 26.0 Å². The molecule has 2 atom stereocenters. The van der Waals surface area contributed by atoms with E-state index < -0.39 is 0 Å². The third-order valence-electron chi connectivity index (χ3n) is 3.92. The lowest BCUT2D eigenvalue weighted by molar-refractivity contribution is 0.497. The molecule has 2 N–H and O–H groups in total. The predicted octanol–water partition coefficient (Wildman–Crippen LogP) is 3.47. The van der Waals surface area contributed by atoms with Crippen LogP contribution in [0, 0.1) is 12.7 Å². The van der Waals surface area contributed by atoms with E-state index in [-0.39, 0.29) is 11.9 Å². The van der Waals surface area contributed by atoms with Gasteiger partial charge in [0.15, 0.2) is 0 Å². The molecule has 92 valence electrons. The fourth-order valence-corrected chi connectivity index (χ4v) is 2.85. The molecule has 1 aliphatic rings. The van der Waals surface area contributed by atoms with E-state index in [0.29, 0.717) is 5.92 Å². The molecule has 2 aromatic rings. The molecule has 0 amide bonds. The molecule has 0 heterocycles. The van der Waals surface area contributed by atoms with Gasteiger partial charge in [-0.2, -0.15) is 0 Å². The van der Waals surface area contributed by atoms with Crippen LogP contribution in [0.4, 0.5) is 4.39 Å². The van der Waals surface area contributed by atoms with E-state index in [1.54, 1.807) is 6.07 Å². The van der Waals surface area contributed by atoms with Crippen molar-refractivity contribution in [1.29, 1.82) is 0 Å². The van der Waals surface area contributed by atoms with Crippen LogP contribution in [0.2, 0.25) is 0 Å². The number of nitrogens with two attached hydrogens (primary N) is 1. The van der Waals surface area contributed by atoms with Crippen LogP contribution >= 0.6 is 0 Å². The quantitative estimate of drug-likeness (QED) is 0.856. The second kappa shape index (κ2) is 4.21. The zero-order valence-electron chi connectivity index (χ0n) is 10.4. The summed E-state index contributed by atoms with van der Waals surface area (Å²) in [5.74, 6) is 0.169. The van der Waals surface area contributed by atoms with E-state index in [0.717, 1.165) is 17.5 Å². The van der Waals surface area contributed by atoms with Crippen molar-refractivity contribution in [2.45, 2.75) is 25.3 Å². The Morgan fingerprint density at radius 2 is 2.00 bits per heavy atom. The summed E-state index contributed by atoms with van der Waals surface area (Å²) in [6.45, 7) is 1.92. The third-order valence-corrected chi connectivity index (χ3v) is 3.92. The van der Waals surface area contributed by atoms with Gasteiger partial charge in [-0.3, -0.25) is 0 Å². The van der Waals surface area contributed by atoms with E-state index in [4.69, 9.17) is 5.73 Å². The first-order chi connectivity index (χ1) is 8.66. The summed E-state index contributed by atoms with van der Waals surface area (Å²) in [6, 6.07) is 13.2. The van der Waals surface area contributed by atoms with Gasteiger partial charge in [0.1, 0.15) is 5.82 Å². The largest absolute Gasteiger partial charge is 0.323 e. The molecule has 3 rings (SSSR count). The minimum absolute atomic E-state index is 0.0412. The zero-order chi connectivity index (χ0) is 12.7. The second-order valence-corrected chi connectivity index (χ2v) is 5.04. The average molecular weight is 241 g/mol. The van der Waals surface area contributed by atoms with Crippen LogP contribution in [0.1, 0.15) is 34.2 Å². The normalized spacial score (nSPS) is 18.9. The van der Waals surface area contributed by atoms with Crippen LogP contribution in [0.3, 0.4) is 0 Å². The Hall–Kier alpha value is -1.67. The standard InChI is InChI=1S/C16H16FN/c1-10-8-12(17)6-7-13(10)16(18)15-9-11-4-2-3-5-14(11)15/h2-8,15-16H,9,18H2,1H3. The summed E-state index contributed by atoms with van der Waals surface area (Å²) in [7, 11) is 0. The lowest BCUT2D eigenvalue weighted by atomic mass is 9.71. The van der Waals surface area contributed by atoms with Crippen molar-refractivity contribution in [3.05, 3.63) is 70.5 Å². The van der Waals surface area contributed by atoms with Crippen LogP contribution in [0.5, 0.6) is 0 Å². The predicted molar refractivity (Wildman–Crippen MR) is 71.0 cm³/mol. The first-order valence-corrected chi connectivity index (χ1v) is 6.26. The van der Waals surface area contributed by atoms with Gasteiger partial charge in [-0.15, -0.1) is 0 Å². The minimum Gasteiger partial charge on any atom is -0.323 e. The maximum atomic E-state index is 13.1. The highest BCUT2D eigenvalue weighted by atomic mass is 19.1. The van der Waals surface area contributed by atoms with Crippen molar-refractivity contribution in [3.63, 3.8) is 0 Å². The molecule has 1 nitrogen and oxygen atoms in total. The number of benzene rings is 2. The lowest BCUT2D eigenvalue weighted by Crippen LogP contribution is -2.29. The fourth-order valence-electron chi connectivity index (χ4n) is 2.85. The minimum atomic E-state index is -0.197. The summed E-state index contributed by atoms with van der Waals surface area (Å²) in [4.78, 5) is 0. The van der Waals surface area contributed by atoms with Crippen molar-refractivity contribution in [3.8, 4) is 0 Å². The molecule has 0 fully saturated rings. The Bertz CT molecular complexity index is 591. The lowest BCUT2D eigenvalue weighted by Gasteiger charge is -2.35. The van der Waals surface area contributed by atoms with Crippen molar-refractivity contribution >= 4 is 0 Å². The van der Waals surface area contributed by atoms with Gasteiger partial charge in [0.05, 0.1) is 0 Å². The molecule has 0 bridgehead atoms. The maximum absolute atomic E-state index is 13.1. The molecule has 18 heavy (non-hydrogen) atoms. The van der Waals surface area contributed by atoms with Gasteiger partial charge in [0, 0.05) is 12.0 Å². The van der Waals surface area contributed by atoms with Crippen molar-refractivity contribution in [2.24, 2.45) is 5.73 Å². The molecule has 0 aromatic heterocycles. The smallest absolute Gasteiger partial charge is 0.123 e. The number of aryl methyl sites for hydroxylation is 1. The Morgan fingerprint density at radius 3 is 2.72 bits per heavy atom. The first kappa shape index (κ1) is 11.4. The Kier molecular flexibility index (Phi) is 2.67. The highest BCUT2D eigenvalue weighted by Gasteiger charge is 2.31. The van der Waals surface area contributed by atoms with Crippen LogP contribution in [-0.4, -0.2) is 0 Å². The summed E-state index contributed by atoms with van der Waals surface area (Å²) in [5, 5.41) is 0. The van der Waals surface area contributed by atoms with Gasteiger partial charge in [0.25, 0.3) is 0 Å². The Balaban J connectivity index is 1.91. The van der Waals surface area contributed by atoms with Crippen molar-refractivity contribution < 1.29 is 4.39 Å². The molecule has 0 saturated heterocycles. The van der Waals surface area contributed by atoms with Gasteiger partial charge < -0.3 is 5.73 Å². The van der Waals surface area contributed by atoms with E-state index >= 15 is 0 Å². The first-order valence-electron chi connectivity index (χ1n) is 6.26. The van der Waals surface area contributed by atoms with E-state index in [1.165, 1.54) is 17.2 Å². The van der Waals surface area contributed by atoms with Crippen LogP contribution in [-0.2, 0) is 6.42 Å². The van der Waals surface area contributed by atoms with E-state index in [1.807, 2.05) is 13.0 Å². The maximum Gasteiger partial charge on any atom is 0.123 e. The summed E-state index contributed by atoms with van der Waals surface area (Å²) in [6.07, 6.45) is 1.02. The zero-order valence-corrected chi connectivity index (χ0v) is 10.4. The highest BCUT2D eigenvalue weighted by Crippen LogP contribution is 2.42. The third kappa shape index (κ3) is 1.73. The summed E-state index contributed by atoms with van der Waals surface area (Å²) < 4.78 is 13.1. The number of hydrogen-bond donors (Lipinski definition) is 1. The van der Waals surface area contributed by atoms with Crippen molar-refractivity contribution in [1.82, 2.24) is 0 Å². The number of hydrogen-bond acceptors (Lipinski definition) is 1. The van der Waals surface area contributed by atoms with Gasteiger partial charge in [-0.25, -0.2) is 4.39 Å². The molecule has 1 aliphatic carbocycles. The molecule has 0 saturated carbocycles. The number of rotatable bonds is 2. The molecular weight excluding hydrogens is 225 g/mol. The molecule has 0 spiro atoms. The SMILES string of the molecule is Cc1cc(F)ccc1C(N)C1Cc2ccccc21. The molecule has 2 unspecified atom stereocenters. The van der Waals surface area contributed by atoms with Gasteiger partial charge in [-0.05, 0) is 47.7 Å². The number of halogens is 1. The van der Waals surface area contributed by atoms with Gasteiger partial charge in [0.2, 0.25) is 0 Å². The molecule has 2 heteroatoms. The van der Waals surface area contributed by atoms with Gasteiger partial charge >= 0.3 is 0 Å². The molecule has 0 radical (unpaired) electrons. The van der Waals surface area contributed by atoms with Crippen molar-refractivity contribution in [2.75, 3.05) is 0 Å². The monoisotopic (exact) mass is 241 g/mol. The van der Waals surface area contributed by atoms with Crippen LogP contribution in [0.15, 0.2) is 42.5 Å². The molecular formula is C16H16FN. The van der Waals surface area contributed by atoms with E-state index in [2.05, 4.69) is 24.3 Å².